The van der Waals surface area contributed by atoms with Gasteiger partial charge in [0.1, 0.15) is 5.56 Å². The Balaban J connectivity index is 1.93. The van der Waals surface area contributed by atoms with Crippen molar-refractivity contribution in [3.8, 4) is 17.0 Å². The molecule has 2 aliphatic heterocycles. The number of fused-ring (bicyclic) bond motifs is 6. The minimum Gasteiger partial charge on any atom is -0.462 e. The van der Waals surface area contributed by atoms with Gasteiger partial charge in [-0.1, -0.05) is 11.6 Å². The fourth-order valence-electron chi connectivity index (χ4n) is 4.44. The lowest BCUT2D eigenvalue weighted by atomic mass is 9.94. The maximum absolute atomic E-state index is 12.9. The number of halogens is 4. The molecule has 2 aromatic rings. The van der Waals surface area contributed by atoms with Crippen LogP contribution in [-0.2, 0) is 14.9 Å². The van der Waals surface area contributed by atoms with E-state index in [0.29, 0.717) is 29.7 Å². The third-order valence-electron chi connectivity index (χ3n) is 5.93. The lowest BCUT2D eigenvalue weighted by Gasteiger charge is -2.44. The van der Waals surface area contributed by atoms with Crippen LogP contribution in [0.15, 0.2) is 29.2 Å². The summed E-state index contributed by atoms with van der Waals surface area (Å²) in [5.41, 5.74) is -5.68. The van der Waals surface area contributed by atoms with Crippen LogP contribution in [0.5, 0.6) is 5.75 Å². The molecule has 0 saturated carbocycles. The highest BCUT2D eigenvalue weighted by Gasteiger charge is 2.49. The molecule has 1 fully saturated rings. The molecule has 0 spiro atoms. The van der Waals surface area contributed by atoms with Crippen LogP contribution >= 0.6 is 11.6 Å². The van der Waals surface area contributed by atoms with Gasteiger partial charge in [0, 0.05) is 17.8 Å². The third-order valence-corrected chi connectivity index (χ3v) is 7.19. The molecule has 184 valence electrons. The number of carbonyl (C=O) groups excluding carboxylic acids is 1. The summed E-state index contributed by atoms with van der Waals surface area (Å²) in [5.74, 6) is -1.44. The van der Waals surface area contributed by atoms with Crippen molar-refractivity contribution in [3.05, 3.63) is 50.8 Å². The largest absolute Gasteiger partial charge is 0.534 e. The van der Waals surface area contributed by atoms with Crippen LogP contribution in [0.2, 0.25) is 5.02 Å². The van der Waals surface area contributed by atoms with E-state index in [1.165, 1.54) is 18.3 Å². The number of esters is 1. The Morgan fingerprint density at radius 3 is 2.56 bits per heavy atom. The SMILES string of the molecule is CCOC(=O)c1cn2c(cc1=O)-c1cc(Cl)c(OS(=O)(=O)C(F)(F)F)cc1[C@H]1CCC(C)(C)N12. The van der Waals surface area contributed by atoms with Gasteiger partial charge in [0.05, 0.1) is 28.9 Å². The molecule has 1 aromatic heterocycles. The number of aromatic nitrogens is 1. The van der Waals surface area contributed by atoms with E-state index in [2.05, 4.69) is 4.18 Å². The maximum Gasteiger partial charge on any atom is 0.534 e. The first-order chi connectivity index (χ1) is 15.7. The van der Waals surface area contributed by atoms with Crippen LogP contribution in [0.4, 0.5) is 13.2 Å². The second kappa shape index (κ2) is 7.91. The fourth-order valence-corrected chi connectivity index (χ4v) is 5.16. The average Bonchev–Trinajstić information content (AvgIpc) is 3.03. The van der Waals surface area contributed by atoms with Gasteiger partial charge in [0.2, 0.25) is 0 Å². The van der Waals surface area contributed by atoms with E-state index in [9.17, 15) is 31.2 Å². The van der Waals surface area contributed by atoms with Crippen molar-refractivity contribution < 1.29 is 35.3 Å². The van der Waals surface area contributed by atoms with Crippen LogP contribution in [0, 0.1) is 0 Å². The Hall–Kier alpha value is -2.73. The smallest absolute Gasteiger partial charge is 0.462 e. The van der Waals surface area contributed by atoms with Crippen molar-refractivity contribution in [2.45, 2.75) is 50.7 Å². The predicted molar refractivity (Wildman–Crippen MR) is 117 cm³/mol. The summed E-state index contributed by atoms with van der Waals surface area (Å²) in [4.78, 5) is 25.0. The van der Waals surface area contributed by atoms with Gasteiger partial charge < -0.3 is 8.92 Å². The number of hydrogen-bond acceptors (Lipinski definition) is 7. The van der Waals surface area contributed by atoms with E-state index in [4.69, 9.17) is 16.3 Å². The second-order valence-electron chi connectivity index (χ2n) is 8.57. The standard InChI is InChI=1S/C21H20ClF3N2O6S/c1-4-32-19(29)13-10-26-16(9-17(13)28)11-7-14(22)18(33-34(30,31)21(23,24)25)8-12(11)15-5-6-20(2,3)27(15)26/h7-10,15H,4-6H2,1-3H3/t15-/m1/s1. The molecule has 0 unspecified atom stereocenters. The summed E-state index contributed by atoms with van der Waals surface area (Å²) in [6.07, 6.45) is 2.61. The molecule has 2 aliphatic rings. The van der Waals surface area contributed by atoms with Crippen molar-refractivity contribution in [1.29, 1.82) is 0 Å². The van der Waals surface area contributed by atoms with Crippen molar-refractivity contribution in [1.82, 2.24) is 4.68 Å². The highest BCUT2D eigenvalue weighted by Crippen LogP contribution is 2.50. The van der Waals surface area contributed by atoms with Crippen molar-refractivity contribution in [2.75, 3.05) is 11.6 Å². The molecule has 8 nitrogen and oxygen atoms in total. The first-order valence-electron chi connectivity index (χ1n) is 10.3. The lowest BCUT2D eigenvalue weighted by Crippen LogP contribution is -2.50. The van der Waals surface area contributed by atoms with E-state index in [1.54, 1.807) is 11.6 Å². The van der Waals surface area contributed by atoms with Crippen LogP contribution in [0.3, 0.4) is 0 Å². The number of benzene rings is 1. The van der Waals surface area contributed by atoms with Crippen LogP contribution in [-0.4, -0.2) is 36.7 Å². The van der Waals surface area contributed by atoms with E-state index in [1.807, 2.05) is 18.9 Å². The second-order valence-corrected chi connectivity index (χ2v) is 10.5. The molecule has 4 rings (SSSR count). The van der Waals surface area contributed by atoms with Gasteiger partial charge in [-0.2, -0.15) is 21.6 Å². The molecule has 1 aromatic carbocycles. The number of carbonyl (C=O) groups is 1. The van der Waals surface area contributed by atoms with Crippen LogP contribution in [0.1, 0.15) is 55.6 Å². The zero-order valence-electron chi connectivity index (χ0n) is 18.3. The lowest BCUT2D eigenvalue weighted by molar-refractivity contribution is -0.0500. The predicted octanol–water partition coefficient (Wildman–Crippen LogP) is 4.14. The van der Waals surface area contributed by atoms with Gasteiger partial charge in [-0.25, -0.2) is 4.79 Å². The first-order valence-corrected chi connectivity index (χ1v) is 12.0. The number of hydrogen-bond donors (Lipinski definition) is 0. The van der Waals surface area contributed by atoms with E-state index >= 15 is 0 Å². The number of rotatable bonds is 4. The van der Waals surface area contributed by atoms with Gasteiger partial charge in [0.25, 0.3) is 0 Å². The molecular weight excluding hydrogens is 501 g/mol. The number of alkyl halides is 3. The Kier molecular flexibility index (Phi) is 5.67. The highest BCUT2D eigenvalue weighted by atomic mass is 35.5. The third kappa shape index (κ3) is 3.82. The van der Waals surface area contributed by atoms with Gasteiger partial charge in [-0.15, -0.1) is 0 Å². The van der Waals surface area contributed by atoms with E-state index in [-0.39, 0.29) is 17.2 Å². The Labute approximate surface area is 197 Å². The van der Waals surface area contributed by atoms with Gasteiger partial charge in [-0.3, -0.25) is 14.5 Å². The molecule has 0 aliphatic carbocycles. The molecule has 3 heterocycles. The minimum absolute atomic E-state index is 0.0832. The van der Waals surface area contributed by atoms with Crippen molar-refractivity contribution in [2.24, 2.45) is 0 Å². The monoisotopic (exact) mass is 520 g/mol. The highest BCUT2D eigenvalue weighted by molar-refractivity contribution is 7.88. The Bertz CT molecular complexity index is 1350. The molecular formula is C21H20ClF3N2O6S. The number of ether oxygens (including phenoxy) is 1. The molecule has 1 saturated heterocycles. The van der Waals surface area contributed by atoms with Gasteiger partial charge in [0.15, 0.2) is 11.2 Å². The topological polar surface area (TPSA) is 94.9 Å². The quantitative estimate of drug-likeness (QED) is 0.340. The van der Waals surface area contributed by atoms with Gasteiger partial charge >= 0.3 is 21.6 Å². The molecule has 34 heavy (non-hydrogen) atoms. The molecule has 13 heteroatoms. The Morgan fingerprint density at radius 1 is 1.26 bits per heavy atom. The molecule has 0 bridgehead atoms. The van der Waals surface area contributed by atoms with Crippen molar-refractivity contribution >= 4 is 27.7 Å². The summed E-state index contributed by atoms with van der Waals surface area (Å²) < 4.78 is 72.7. The van der Waals surface area contributed by atoms with Gasteiger partial charge in [-0.05, 0) is 51.3 Å². The van der Waals surface area contributed by atoms with E-state index < -0.39 is 44.4 Å². The van der Waals surface area contributed by atoms with Crippen LogP contribution in [0.25, 0.3) is 11.3 Å². The molecule has 0 radical (unpaired) electrons. The summed E-state index contributed by atoms with van der Waals surface area (Å²) >= 11 is 6.11. The first kappa shape index (κ1) is 24.4. The summed E-state index contributed by atoms with van der Waals surface area (Å²) in [7, 11) is -5.94. The average molecular weight is 521 g/mol. The zero-order chi connectivity index (χ0) is 25.2. The normalized spacial score (nSPS) is 18.7. The minimum atomic E-state index is -5.94. The molecule has 0 amide bonds. The van der Waals surface area contributed by atoms with E-state index in [0.717, 1.165) is 6.07 Å². The number of pyridine rings is 1. The fraction of sp³-hybridized carbons (Fsp3) is 0.429. The molecule has 1 atom stereocenters. The maximum atomic E-state index is 12.9. The molecule has 0 N–H and O–H groups in total. The summed E-state index contributed by atoms with van der Waals surface area (Å²) in [5, 5.41) is 1.51. The summed E-state index contributed by atoms with van der Waals surface area (Å²) in [6, 6.07) is 3.23. The summed E-state index contributed by atoms with van der Waals surface area (Å²) in [6.45, 7) is 5.57. The number of nitrogens with zero attached hydrogens (tertiary/aromatic N) is 2. The zero-order valence-corrected chi connectivity index (χ0v) is 19.8. The Morgan fingerprint density at radius 2 is 1.94 bits per heavy atom. The van der Waals surface area contributed by atoms with Crippen LogP contribution < -0.4 is 14.6 Å². The van der Waals surface area contributed by atoms with Crippen molar-refractivity contribution in [3.63, 3.8) is 0 Å².